The molecule has 2 aromatic heterocycles. The Morgan fingerprint density at radius 3 is 2.57 bits per heavy atom. The number of guanidine groups is 1. The number of nitrogens with one attached hydrogen (secondary N) is 2. The van der Waals surface area contributed by atoms with E-state index in [0.29, 0.717) is 25.0 Å². The van der Waals surface area contributed by atoms with Crippen LogP contribution in [-0.2, 0) is 13.1 Å². The second kappa shape index (κ2) is 10.8. The van der Waals surface area contributed by atoms with Gasteiger partial charge in [0, 0.05) is 31.4 Å². The monoisotopic (exact) mass is 491 g/mol. The quantitative estimate of drug-likeness (QED) is 0.305. The summed E-state index contributed by atoms with van der Waals surface area (Å²) in [5.41, 5.74) is 4.18. The molecule has 148 valence electrons. The average molecular weight is 491 g/mol. The van der Waals surface area contributed by atoms with Gasteiger partial charge in [-0.2, -0.15) is 0 Å². The molecule has 2 N–H and O–H groups in total. The van der Waals surface area contributed by atoms with Crippen LogP contribution in [-0.4, -0.2) is 23.1 Å². The van der Waals surface area contributed by atoms with Crippen molar-refractivity contribution in [2.45, 2.75) is 32.9 Å². The van der Waals surface area contributed by atoms with E-state index in [1.165, 1.54) is 0 Å². The van der Waals surface area contributed by atoms with Crippen molar-refractivity contribution in [2.75, 3.05) is 7.05 Å². The highest BCUT2D eigenvalue weighted by atomic mass is 127. The van der Waals surface area contributed by atoms with Gasteiger partial charge in [0.2, 0.25) is 0 Å². The molecular formula is C21H26IN5O. The number of rotatable bonds is 6. The molecular weight excluding hydrogens is 465 g/mol. The second-order valence-electron chi connectivity index (χ2n) is 6.57. The number of aliphatic imine (C=N–C) groups is 1. The number of nitrogens with zero attached hydrogens (tertiary/aromatic N) is 3. The molecule has 0 bridgehead atoms. The Hall–Kier alpha value is -2.42. The normalized spacial score (nSPS) is 11.2. The summed E-state index contributed by atoms with van der Waals surface area (Å²) >= 11 is 0. The Bertz CT molecular complexity index is 893. The lowest BCUT2D eigenvalue weighted by Crippen LogP contribution is -2.36. The van der Waals surface area contributed by atoms with E-state index in [4.69, 9.17) is 4.52 Å². The van der Waals surface area contributed by atoms with Crippen LogP contribution in [0, 0.1) is 0 Å². The molecule has 7 heteroatoms. The maximum Gasteiger partial charge on any atom is 0.191 e. The number of benzene rings is 1. The van der Waals surface area contributed by atoms with Crippen molar-refractivity contribution in [1.82, 2.24) is 20.8 Å². The molecule has 0 unspecified atom stereocenters. The Labute approximate surface area is 182 Å². The van der Waals surface area contributed by atoms with Crippen molar-refractivity contribution in [3.05, 3.63) is 71.7 Å². The standard InChI is InChI=1S/C21H25N5O.HI/c1-15(2)20-12-18(27-26-20)14-25-21(22-3)24-13-16-7-6-8-17(11-16)19-9-4-5-10-23-19;/h4-12,15H,13-14H2,1-3H3,(H2,22,24,25);1H. The molecule has 0 amide bonds. The van der Waals surface area contributed by atoms with E-state index in [0.717, 1.165) is 28.3 Å². The molecule has 1 aromatic carbocycles. The molecule has 3 rings (SSSR count). The first kappa shape index (κ1) is 21.9. The lowest BCUT2D eigenvalue weighted by Gasteiger charge is -2.11. The summed E-state index contributed by atoms with van der Waals surface area (Å²) in [6.45, 7) is 5.38. The topological polar surface area (TPSA) is 75.3 Å². The highest BCUT2D eigenvalue weighted by Gasteiger charge is 2.08. The van der Waals surface area contributed by atoms with Crippen molar-refractivity contribution >= 4 is 29.9 Å². The van der Waals surface area contributed by atoms with Crippen molar-refractivity contribution < 1.29 is 4.52 Å². The van der Waals surface area contributed by atoms with Gasteiger partial charge >= 0.3 is 0 Å². The number of halogens is 1. The molecule has 28 heavy (non-hydrogen) atoms. The van der Waals surface area contributed by atoms with Crippen LogP contribution in [0.2, 0.25) is 0 Å². The molecule has 3 aromatic rings. The van der Waals surface area contributed by atoms with Crippen molar-refractivity contribution in [2.24, 2.45) is 4.99 Å². The summed E-state index contributed by atoms with van der Waals surface area (Å²) in [6.07, 6.45) is 1.81. The van der Waals surface area contributed by atoms with Gasteiger partial charge in [-0.3, -0.25) is 9.98 Å². The molecule has 0 saturated carbocycles. The average Bonchev–Trinajstić information content (AvgIpc) is 3.18. The van der Waals surface area contributed by atoms with Crippen LogP contribution in [0.4, 0.5) is 0 Å². The predicted octanol–water partition coefficient (Wildman–Crippen LogP) is 4.34. The number of hydrogen-bond acceptors (Lipinski definition) is 4. The molecule has 0 aliphatic carbocycles. The third kappa shape index (κ3) is 6.05. The minimum atomic E-state index is 0. The molecule has 0 atom stereocenters. The number of hydrogen-bond donors (Lipinski definition) is 2. The Balaban J connectivity index is 0.00000280. The van der Waals surface area contributed by atoms with Crippen LogP contribution in [0.3, 0.4) is 0 Å². The third-order valence-electron chi connectivity index (χ3n) is 4.17. The van der Waals surface area contributed by atoms with E-state index in [-0.39, 0.29) is 24.0 Å². The van der Waals surface area contributed by atoms with E-state index >= 15 is 0 Å². The smallest absolute Gasteiger partial charge is 0.191 e. The Kier molecular flexibility index (Phi) is 8.43. The minimum Gasteiger partial charge on any atom is -0.359 e. The van der Waals surface area contributed by atoms with Gasteiger partial charge in [0.05, 0.1) is 17.9 Å². The zero-order valence-electron chi connectivity index (χ0n) is 16.3. The summed E-state index contributed by atoms with van der Waals surface area (Å²) in [5.74, 6) is 1.85. The molecule has 0 fully saturated rings. The molecule has 0 aliphatic heterocycles. The van der Waals surface area contributed by atoms with Gasteiger partial charge in [-0.1, -0.05) is 43.3 Å². The molecule has 0 saturated heterocycles. The molecule has 0 aliphatic rings. The van der Waals surface area contributed by atoms with Crippen LogP contribution >= 0.6 is 24.0 Å². The van der Waals surface area contributed by atoms with Crippen LogP contribution in [0.1, 0.15) is 36.8 Å². The van der Waals surface area contributed by atoms with Crippen LogP contribution in [0.15, 0.2) is 64.2 Å². The van der Waals surface area contributed by atoms with E-state index in [1.54, 1.807) is 13.2 Å². The molecule has 0 radical (unpaired) electrons. The van der Waals surface area contributed by atoms with E-state index in [2.05, 4.69) is 57.8 Å². The summed E-state index contributed by atoms with van der Waals surface area (Å²) in [5, 5.41) is 10.6. The van der Waals surface area contributed by atoms with Gasteiger partial charge < -0.3 is 15.2 Å². The number of aromatic nitrogens is 2. The van der Waals surface area contributed by atoms with Gasteiger partial charge in [0.25, 0.3) is 0 Å². The van der Waals surface area contributed by atoms with Gasteiger partial charge in [-0.15, -0.1) is 24.0 Å². The van der Waals surface area contributed by atoms with Gasteiger partial charge in [-0.05, 0) is 29.7 Å². The fourth-order valence-electron chi connectivity index (χ4n) is 2.64. The lowest BCUT2D eigenvalue weighted by molar-refractivity contribution is 0.372. The maximum atomic E-state index is 5.35. The summed E-state index contributed by atoms with van der Waals surface area (Å²) in [7, 11) is 1.75. The maximum absolute atomic E-state index is 5.35. The van der Waals surface area contributed by atoms with Gasteiger partial charge in [0.1, 0.15) is 0 Å². The van der Waals surface area contributed by atoms with Gasteiger partial charge in [0.15, 0.2) is 11.7 Å². The molecule has 2 heterocycles. The van der Waals surface area contributed by atoms with Gasteiger partial charge in [-0.25, -0.2) is 0 Å². The first-order valence-electron chi connectivity index (χ1n) is 9.06. The Morgan fingerprint density at radius 2 is 1.89 bits per heavy atom. The van der Waals surface area contributed by atoms with Crippen molar-refractivity contribution in [1.29, 1.82) is 0 Å². The highest BCUT2D eigenvalue weighted by Crippen LogP contribution is 2.17. The minimum absolute atomic E-state index is 0. The predicted molar refractivity (Wildman–Crippen MR) is 123 cm³/mol. The summed E-state index contributed by atoms with van der Waals surface area (Å²) in [4.78, 5) is 8.67. The van der Waals surface area contributed by atoms with E-state index in [9.17, 15) is 0 Å². The molecule has 6 nitrogen and oxygen atoms in total. The van der Waals surface area contributed by atoms with Crippen LogP contribution in [0.5, 0.6) is 0 Å². The zero-order chi connectivity index (χ0) is 19.1. The van der Waals surface area contributed by atoms with E-state index in [1.807, 2.05) is 30.3 Å². The fourth-order valence-corrected chi connectivity index (χ4v) is 2.64. The first-order chi connectivity index (χ1) is 13.2. The first-order valence-corrected chi connectivity index (χ1v) is 9.06. The fraction of sp³-hybridized carbons (Fsp3) is 0.286. The zero-order valence-corrected chi connectivity index (χ0v) is 18.7. The highest BCUT2D eigenvalue weighted by molar-refractivity contribution is 14.0. The van der Waals surface area contributed by atoms with Crippen LogP contribution < -0.4 is 10.6 Å². The summed E-state index contributed by atoms with van der Waals surface area (Å²) in [6, 6.07) is 16.2. The second-order valence-corrected chi connectivity index (χ2v) is 6.57. The summed E-state index contributed by atoms with van der Waals surface area (Å²) < 4.78 is 5.35. The lowest BCUT2D eigenvalue weighted by atomic mass is 10.1. The van der Waals surface area contributed by atoms with Crippen molar-refractivity contribution in [3.63, 3.8) is 0 Å². The van der Waals surface area contributed by atoms with E-state index < -0.39 is 0 Å². The van der Waals surface area contributed by atoms with Crippen LogP contribution in [0.25, 0.3) is 11.3 Å². The Morgan fingerprint density at radius 1 is 1.07 bits per heavy atom. The largest absolute Gasteiger partial charge is 0.359 e. The van der Waals surface area contributed by atoms with Crippen molar-refractivity contribution in [3.8, 4) is 11.3 Å². The molecule has 0 spiro atoms. The number of pyridine rings is 1. The third-order valence-corrected chi connectivity index (χ3v) is 4.17. The SMILES string of the molecule is CN=C(NCc1cccc(-c2ccccn2)c1)NCc1cc(C(C)C)no1.I.